The molecule has 3 N–H and O–H groups in total. The number of fused-ring (bicyclic) bond motifs is 3. The molecule has 2 unspecified atom stereocenters. The number of aliphatic hydroxyl groups is 1. The fourth-order valence-corrected chi connectivity index (χ4v) is 3.83. The summed E-state index contributed by atoms with van der Waals surface area (Å²) in [7, 11) is 0. The zero-order chi connectivity index (χ0) is 15.1. The maximum absolute atomic E-state index is 10.7. The predicted octanol–water partition coefficient (Wildman–Crippen LogP) is 2.21. The number of nitrogen functional groups attached to an aromatic ring is 1. The summed E-state index contributed by atoms with van der Waals surface area (Å²) >= 11 is 0. The maximum Gasteiger partial charge on any atom is 0.0956 e. The number of ether oxygens (including phenoxy) is 1. The molecule has 22 heavy (non-hydrogen) atoms. The first-order valence-corrected chi connectivity index (χ1v) is 7.92. The maximum atomic E-state index is 10.7. The van der Waals surface area contributed by atoms with E-state index in [-0.39, 0.29) is 12.1 Å². The largest absolute Gasteiger partial charge is 0.398 e. The van der Waals surface area contributed by atoms with E-state index in [9.17, 15) is 5.11 Å². The van der Waals surface area contributed by atoms with Crippen molar-refractivity contribution in [3.05, 3.63) is 36.3 Å². The topological polar surface area (TPSA) is 73.3 Å². The third-order valence-corrected chi connectivity index (χ3v) is 5.03. The second-order valence-corrected chi connectivity index (χ2v) is 6.26. The molecule has 0 saturated carbocycles. The number of imidazole rings is 1. The van der Waals surface area contributed by atoms with Crippen molar-refractivity contribution in [2.75, 3.05) is 18.9 Å². The number of anilines is 1. The lowest BCUT2D eigenvalue weighted by molar-refractivity contribution is 0.00154. The molecule has 2 aliphatic heterocycles. The lowest BCUT2D eigenvalue weighted by Gasteiger charge is -2.29. The van der Waals surface area contributed by atoms with Crippen LogP contribution in [0.3, 0.4) is 0 Å². The van der Waals surface area contributed by atoms with Crippen molar-refractivity contribution in [1.82, 2.24) is 9.55 Å². The van der Waals surface area contributed by atoms with Crippen LogP contribution in [0.25, 0.3) is 11.3 Å². The lowest BCUT2D eigenvalue weighted by atomic mass is 9.87. The van der Waals surface area contributed by atoms with Crippen molar-refractivity contribution in [3.8, 4) is 11.3 Å². The number of nitrogens with two attached hydrogens (primary N) is 1. The Bertz CT molecular complexity index is 676. The summed E-state index contributed by atoms with van der Waals surface area (Å²) in [5.74, 6) is 0.315. The zero-order valence-electron chi connectivity index (χ0n) is 12.5. The number of rotatable bonds is 3. The quantitative estimate of drug-likeness (QED) is 0.852. The normalized spacial score (nSPS) is 22.3. The average molecular weight is 299 g/mol. The van der Waals surface area contributed by atoms with Gasteiger partial charge in [0.1, 0.15) is 0 Å². The van der Waals surface area contributed by atoms with E-state index in [1.54, 1.807) is 0 Å². The summed E-state index contributed by atoms with van der Waals surface area (Å²) < 4.78 is 7.54. The summed E-state index contributed by atoms with van der Waals surface area (Å²) in [6, 6.07) is 6.07. The SMILES string of the molecule is Nc1cccc2c1C(CC(O)C1CCOCC1)n1cncc1-2. The average Bonchev–Trinajstić information content (AvgIpc) is 3.12. The molecule has 1 saturated heterocycles. The van der Waals surface area contributed by atoms with Gasteiger partial charge in [-0.25, -0.2) is 4.98 Å². The fraction of sp³-hybridized carbons (Fsp3) is 0.471. The molecular formula is C17H21N3O2. The van der Waals surface area contributed by atoms with E-state index in [0.29, 0.717) is 12.3 Å². The first-order valence-electron chi connectivity index (χ1n) is 7.92. The van der Waals surface area contributed by atoms with Crippen LogP contribution >= 0.6 is 0 Å². The van der Waals surface area contributed by atoms with Gasteiger partial charge in [0.25, 0.3) is 0 Å². The van der Waals surface area contributed by atoms with Crippen LogP contribution in [-0.2, 0) is 4.74 Å². The van der Waals surface area contributed by atoms with Gasteiger partial charge in [-0.3, -0.25) is 0 Å². The van der Waals surface area contributed by atoms with Gasteiger partial charge in [-0.1, -0.05) is 12.1 Å². The fourth-order valence-electron chi connectivity index (χ4n) is 3.83. The molecule has 1 aromatic heterocycles. The highest BCUT2D eigenvalue weighted by atomic mass is 16.5. The molecule has 2 atom stereocenters. The number of benzene rings is 1. The van der Waals surface area contributed by atoms with Crippen molar-refractivity contribution in [3.63, 3.8) is 0 Å². The van der Waals surface area contributed by atoms with Crippen LogP contribution in [0, 0.1) is 5.92 Å². The van der Waals surface area contributed by atoms with Crippen LogP contribution in [0.2, 0.25) is 0 Å². The number of nitrogens with zero attached hydrogens (tertiary/aromatic N) is 2. The molecule has 0 bridgehead atoms. The van der Waals surface area contributed by atoms with Gasteiger partial charge in [0, 0.05) is 30.0 Å². The van der Waals surface area contributed by atoms with Crippen LogP contribution in [-0.4, -0.2) is 34.0 Å². The number of aliphatic hydroxyl groups excluding tert-OH is 1. The lowest BCUT2D eigenvalue weighted by Crippen LogP contribution is -2.29. The Balaban J connectivity index is 1.65. The van der Waals surface area contributed by atoms with E-state index >= 15 is 0 Å². The second-order valence-electron chi connectivity index (χ2n) is 6.26. The molecule has 0 spiro atoms. The molecule has 116 valence electrons. The number of hydrogen-bond donors (Lipinski definition) is 2. The van der Waals surface area contributed by atoms with Crippen LogP contribution in [0.15, 0.2) is 30.7 Å². The molecule has 5 nitrogen and oxygen atoms in total. The highest BCUT2D eigenvalue weighted by Crippen LogP contribution is 2.44. The molecule has 0 aliphatic carbocycles. The summed E-state index contributed by atoms with van der Waals surface area (Å²) in [4.78, 5) is 4.26. The molecule has 4 rings (SSSR count). The number of hydrogen-bond acceptors (Lipinski definition) is 4. The van der Waals surface area contributed by atoms with Gasteiger partial charge >= 0.3 is 0 Å². The monoisotopic (exact) mass is 299 g/mol. The second kappa shape index (κ2) is 5.41. The van der Waals surface area contributed by atoms with E-state index in [1.807, 2.05) is 24.7 Å². The highest BCUT2D eigenvalue weighted by molar-refractivity contribution is 5.75. The minimum absolute atomic E-state index is 0.0755. The minimum Gasteiger partial charge on any atom is -0.398 e. The van der Waals surface area contributed by atoms with Gasteiger partial charge in [-0.2, -0.15) is 0 Å². The van der Waals surface area contributed by atoms with Crippen LogP contribution in [0.4, 0.5) is 5.69 Å². The Labute approximate surface area is 129 Å². The molecule has 1 fully saturated rings. The third-order valence-electron chi connectivity index (χ3n) is 5.03. The Hall–Kier alpha value is -1.85. The Morgan fingerprint density at radius 1 is 1.36 bits per heavy atom. The predicted molar refractivity (Wildman–Crippen MR) is 84.4 cm³/mol. The zero-order valence-corrected chi connectivity index (χ0v) is 12.5. The van der Waals surface area contributed by atoms with Crippen molar-refractivity contribution >= 4 is 5.69 Å². The van der Waals surface area contributed by atoms with Crippen molar-refractivity contribution < 1.29 is 9.84 Å². The van der Waals surface area contributed by atoms with E-state index in [1.165, 1.54) is 0 Å². The smallest absolute Gasteiger partial charge is 0.0956 e. The highest BCUT2D eigenvalue weighted by Gasteiger charge is 2.34. The molecule has 2 aliphatic rings. The first-order chi connectivity index (χ1) is 10.8. The van der Waals surface area contributed by atoms with Crippen molar-refractivity contribution in [1.29, 1.82) is 0 Å². The van der Waals surface area contributed by atoms with Gasteiger partial charge in [0.2, 0.25) is 0 Å². The van der Waals surface area contributed by atoms with E-state index < -0.39 is 0 Å². The third kappa shape index (κ3) is 2.12. The molecule has 0 amide bonds. The number of aromatic nitrogens is 2. The Morgan fingerprint density at radius 2 is 2.18 bits per heavy atom. The summed E-state index contributed by atoms with van der Waals surface area (Å²) in [6.45, 7) is 1.50. The molecule has 2 aromatic rings. The molecule has 0 radical (unpaired) electrons. The standard InChI is InChI=1S/C17H21N3O2/c18-13-3-1-2-12-15-9-19-10-20(15)14(17(12)13)8-16(21)11-4-6-22-7-5-11/h1-3,9-11,14,16,21H,4-8,18H2. The molecule has 5 heteroatoms. The van der Waals surface area contributed by atoms with Crippen LogP contribution in [0.5, 0.6) is 0 Å². The summed E-state index contributed by atoms with van der Waals surface area (Å²) in [5.41, 5.74) is 10.4. The summed E-state index contributed by atoms with van der Waals surface area (Å²) in [5, 5.41) is 10.7. The Kier molecular flexibility index (Phi) is 3.39. The van der Waals surface area contributed by atoms with Gasteiger partial charge in [0.05, 0.1) is 30.4 Å². The van der Waals surface area contributed by atoms with Gasteiger partial charge in [-0.15, -0.1) is 0 Å². The Morgan fingerprint density at radius 3 is 3.00 bits per heavy atom. The van der Waals surface area contributed by atoms with E-state index in [4.69, 9.17) is 10.5 Å². The van der Waals surface area contributed by atoms with Crippen molar-refractivity contribution in [2.45, 2.75) is 31.4 Å². The van der Waals surface area contributed by atoms with Gasteiger partial charge in [-0.05, 0) is 31.2 Å². The molecule has 1 aromatic carbocycles. The van der Waals surface area contributed by atoms with Crippen LogP contribution < -0.4 is 5.73 Å². The molecule has 3 heterocycles. The first kappa shape index (κ1) is 13.8. The van der Waals surface area contributed by atoms with E-state index in [2.05, 4.69) is 15.6 Å². The van der Waals surface area contributed by atoms with Gasteiger partial charge < -0.3 is 20.1 Å². The van der Waals surface area contributed by atoms with Crippen LogP contribution in [0.1, 0.15) is 30.9 Å². The molecular weight excluding hydrogens is 278 g/mol. The minimum atomic E-state index is -0.338. The van der Waals surface area contributed by atoms with E-state index in [0.717, 1.165) is 48.6 Å². The van der Waals surface area contributed by atoms with Crippen molar-refractivity contribution in [2.24, 2.45) is 5.92 Å². The van der Waals surface area contributed by atoms with Gasteiger partial charge in [0.15, 0.2) is 0 Å². The summed E-state index contributed by atoms with van der Waals surface area (Å²) in [6.07, 6.45) is 5.92.